The standard InChI is InChI=1S/C16H22N2O3/c1-17-15(19)14-9-6-10-18(14)11-13(16(20)21-2)12-7-4-3-5-8-12/h3-5,7-8,13-14H,6,9-11H2,1-2H3,(H,17,19). The van der Waals surface area contributed by atoms with Crippen molar-refractivity contribution in [3.05, 3.63) is 35.9 Å². The van der Waals surface area contributed by atoms with Crippen LogP contribution in [0.4, 0.5) is 0 Å². The predicted molar refractivity (Wildman–Crippen MR) is 79.9 cm³/mol. The van der Waals surface area contributed by atoms with E-state index in [9.17, 15) is 9.59 Å². The van der Waals surface area contributed by atoms with Crippen molar-refractivity contribution < 1.29 is 14.3 Å². The largest absolute Gasteiger partial charge is 0.469 e. The number of rotatable bonds is 5. The summed E-state index contributed by atoms with van der Waals surface area (Å²) in [7, 11) is 3.05. The summed E-state index contributed by atoms with van der Waals surface area (Å²) < 4.78 is 4.93. The van der Waals surface area contributed by atoms with E-state index >= 15 is 0 Å². The minimum absolute atomic E-state index is 0.0178. The van der Waals surface area contributed by atoms with Crippen LogP contribution >= 0.6 is 0 Å². The van der Waals surface area contributed by atoms with Crippen LogP contribution in [-0.4, -0.2) is 50.1 Å². The molecule has 2 unspecified atom stereocenters. The number of nitrogens with zero attached hydrogens (tertiary/aromatic N) is 1. The maximum absolute atomic E-state index is 12.1. The van der Waals surface area contributed by atoms with Gasteiger partial charge in [-0.2, -0.15) is 0 Å². The molecule has 2 atom stereocenters. The SMILES string of the molecule is CNC(=O)C1CCCN1CC(C(=O)OC)c1ccccc1. The molecule has 1 amide bonds. The van der Waals surface area contributed by atoms with Crippen molar-refractivity contribution in [2.45, 2.75) is 24.8 Å². The van der Waals surface area contributed by atoms with E-state index in [0.717, 1.165) is 24.9 Å². The van der Waals surface area contributed by atoms with Gasteiger partial charge < -0.3 is 10.1 Å². The Morgan fingerprint density at radius 2 is 2.10 bits per heavy atom. The van der Waals surface area contributed by atoms with Gasteiger partial charge >= 0.3 is 5.97 Å². The van der Waals surface area contributed by atoms with Gasteiger partial charge in [-0.1, -0.05) is 30.3 Å². The van der Waals surface area contributed by atoms with Crippen LogP contribution in [-0.2, 0) is 14.3 Å². The van der Waals surface area contributed by atoms with Gasteiger partial charge in [-0.05, 0) is 24.9 Å². The Labute approximate surface area is 125 Å². The second kappa shape index (κ2) is 7.22. The summed E-state index contributed by atoms with van der Waals surface area (Å²) in [6.45, 7) is 1.34. The number of carbonyl (C=O) groups is 2. The first-order valence-corrected chi connectivity index (χ1v) is 7.25. The molecule has 0 spiro atoms. The topological polar surface area (TPSA) is 58.6 Å². The van der Waals surface area contributed by atoms with Crippen molar-refractivity contribution in [1.29, 1.82) is 0 Å². The minimum Gasteiger partial charge on any atom is -0.469 e. The molecule has 0 radical (unpaired) electrons. The molecule has 1 saturated heterocycles. The van der Waals surface area contributed by atoms with E-state index in [1.807, 2.05) is 30.3 Å². The lowest BCUT2D eigenvalue weighted by Crippen LogP contribution is -2.44. The van der Waals surface area contributed by atoms with Crippen molar-refractivity contribution >= 4 is 11.9 Å². The molecule has 1 aliphatic rings. The Morgan fingerprint density at radius 1 is 1.38 bits per heavy atom. The van der Waals surface area contributed by atoms with Gasteiger partial charge in [0.1, 0.15) is 0 Å². The number of nitrogens with one attached hydrogen (secondary N) is 1. The smallest absolute Gasteiger partial charge is 0.314 e. The number of likely N-dealkylation sites (tertiary alicyclic amines) is 1. The van der Waals surface area contributed by atoms with E-state index in [4.69, 9.17) is 4.74 Å². The predicted octanol–water partition coefficient (Wildman–Crippen LogP) is 1.15. The molecule has 0 bridgehead atoms. The highest BCUT2D eigenvalue weighted by atomic mass is 16.5. The van der Waals surface area contributed by atoms with Crippen LogP contribution in [0, 0.1) is 0 Å². The number of likely N-dealkylation sites (N-methyl/N-ethyl adjacent to an activating group) is 1. The van der Waals surface area contributed by atoms with Crippen molar-refractivity contribution in [1.82, 2.24) is 10.2 Å². The number of amides is 1. The first-order valence-electron chi connectivity index (χ1n) is 7.25. The monoisotopic (exact) mass is 290 g/mol. The third kappa shape index (κ3) is 3.61. The second-order valence-corrected chi connectivity index (χ2v) is 5.25. The average molecular weight is 290 g/mol. The molecule has 21 heavy (non-hydrogen) atoms. The van der Waals surface area contributed by atoms with E-state index in [1.165, 1.54) is 7.11 Å². The van der Waals surface area contributed by atoms with E-state index in [-0.39, 0.29) is 23.8 Å². The van der Waals surface area contributed by atoms with Gasteiger partial charge in [0.15, 0.2) is 0 Å². The van der Waals surface area contributed by atoms with Gasteiger partial charge in [0.05, 0.1) is 19.1 Å². The Kier molecular flexibility index (Phi) is 5.33. The minimum atomic E-state index is -0.360. The van der Waals surface area contributed by atoms with Crippen LogP contribution in [0.3, 0.4) is 0 Å². The molecule has 1 aromatic carbocycles. The lowest BCUT2D eigenvalue weighted by Gasteiger charge is -2.27. The maximum Gasteiger partial charge on any atom is 0.314 e. The Balaban J connectivity index is 2.15. The summed E-state index contributed by atoms with van der Waals surface area (Å²) in [6, 6.07) is 9.43. The fraction of sp³-hybridized carbons (Fsp3) is 0.500. The number of carbonyl (C=O) groups excluding carboxylic acids is 2. The van der Waals surface area contributed by atoms with Crippen LogP contribution in [0.5, 0.6) is 0 Å². The number of hydrogen-bond donors (Lipinski definition) is 1. The van der Waals surface area contributed by atoms with Crippen LogP contribution in [0.2, 0.25) is 0 Å². The molecule has 5 nitrogen and oxygen atoms in total. The average Bonchev–Trinajstić information content (AvgIpc) is 3.00. The highest BCUT2D eigenvalue weighted by molar-refractivity contribution is 5.82. The van der Waals surface area contributed by atoms with E-state index in [0.29, 0.717) is 6.54 Å². The lowest BCUT2D eigenvalue weighted by molar-refractivity contribution is -0.143. The van der Waals surface area contributed by atoms with E-state index in [1.54, 1.807) is 7.05 Å². The number of benzene rings is 1. The molecule has 1 aliphatic heterocycles. The molecule has 0 saturated carbocycles. The van der Waals surface area contributed by atoms with Crippen molar-refractivity contribution in [3.8, 4) is 0 Å². The number of esters is 1. The number of methoxy groups -OCH3 is 1. The van der Waals surface area contributed by atoms with Crippen LogP contribution in [0.1, 0.15) is 24.3 Å². The summed E-state index contributed by atoms with van der Waals surface area (Å²) in [5.41, 5.74) is 0.923. The molecule has 1 aromatic rings. The molecular weight excluding hydrogens is 268 g/mol. The lowest BCUT2D eigenvalue weighted by atomic mass is 9.98. The third-order valence-electron chi connectivity index (χ3n) is 4.02. The molecule has 2 rings (SSSR count). The van der Waals surface area contributed by atoms with Crippen molar-refractivity contribution in [2.75, 3.05) is 27.2 Å². The quantitative estimate of drug-likeness (QED) is 0.827. The van der Waals surface area contributed by atoms with Gasteiger partial charge in [0.2, 0.25) is 5.91 Å². The third-order valence-corrected chi connectivity index (χ3v) is 4.02. The van der Waals surface area contributed by atoms with Crippen molar-refractivity contribution in [3.63, 3.8) is 0 Å². The van der Waals surface area contributed by atoms with Gasteiger partial charge in [-0.3, -0.25) is 14.5 Å². The van der Waals surface area contributed by atoms with Gasteiger partial charge in [-0.15, -0.1) is 0 Å². The van der Waals surface area contributed by atoms with Crippen molar-refractivity contribution in [2.24, 2.45) is 0 Å². The summed E-state index contributed by atoms with van der Waals surface area (Å²) in [5, 5.41) is 2.70. The molecular formula is C16H22N2O3. The molecule has 114 valence electrons. The van der Waals surface area contributed by atoms with Gasteiger partial charge in [0, 0.05) is 13.6 Å². The fourth-order valence-corrected chi connectivity index (χ4v) is 2.89. The maximum atomic E-state index is 12.1. The number of hydrogen-bond acceptors (Lipinski definition) is 4. The Bertz CT molecular complexity index is 490. The summed E-state index contributed by atoms with van der Waals surface area (Å²) in [4.78, 5) is 26.1. The summed E-state index contributed by atoms with van der Waals surface area (Å²) >= 11 is 0. The summed E-state index contributed by atoms with van der Waals surface area (Å²) in [5.74, 6) is -0.602. The Morgan fingerprint density at radius 3 is 2.71 bits per heavy atom. The normalized spacial score (nSPS) is 20.0. The highest BCUT2D eigenvalue weighted by Gasteiger charge is 2.34. The van der Waals surface area contributed by atoms with Crippen LogP contribution in [0.15, 0.2) is 30.3 Å². The molecule has 1 heterocycles. The Hall–Kier alpha value is -1.88. The molecule has 1 N–H and O–H groups in total. The van der Waals surface area contributed by atoms with Gasteiger partial charge in [-0.25, -0.2) is 0 Å². The molecule has 5 heteroatoms. The molecule has 0 aliphatic carbocycles. The zero-order valence-corrected chi connectivity index (χ0v) is 12.5. The van der Waals surface area contributed by atoms with Crippen LogP contribution in [0.25, 0.3) is 0 Å². The second-order valence-electron chi connectivity index (χ2n) is 5.25. The van der Waals surface area contributed by atoms with E-state index in [2.05, 4.69) is 10.2 Å². The highest BCUT2D eigenvalue weighted by Crippen LogP contribution is 2.24. The first kappa shape index (κ1) is 15.5. The zero-order chi connectivity index (χ0) is 15.2. The van der Waals surface area contributed by atoms with E-state index < -0.39 is 0 Å². The van der Waals surface area contributed by atoms with Crippen LogP contribution < -0.4 is 5.32 Å². The fourth-order valence-electron chi connectivity index (χ4n) is 2.89. The molecule has 0 aromatic heterocycles. The zero-order valence-electron chi connectivity index (χ0n) is 12.5. The first-order chi connectivity index (χ1) is 10.2. The summed E-state index contributed by atoms with van der Waals surface area (Å²) in [6.07, 6.45) is 1.81. The molecule has 1 fully saturated rings. The number of ether oxygens (including phenoxy) is 1. The van der Waals surface area contributed by atoms with Gasteiger partial charge in [0.25, 0.3) is 0 Å².